The number of benzene rings is 2. The second-order valence-corrected chi connectivity index (χ2v) is 12.3. The van der Waals surface area contributed by atoms with E-state index in [9.17, 15) is 9.90 Å². The Morgan fingerprint density at radius 1 is 1.07 bits per heavy atom. The number of hydrogen-bond donors (Lipinski definition) is 1. The van der Waals surface area contributed by atoms with E-state index in [1.807, 2.05) is 26.0 Å². The number of aromatic hydroxyl groups is 1. The molecule has 0 aliphatic rings. The summed E-state index contributed by atoms with van der Waals surface area (Å²) in [4.78, 5) is 13.5. The van der Waals surface area contributed by atoms with E-state index < -0.39 is 5.41 Å². The lowest BCUT2D eigenvalue weighted by Gasteiger charge is -2.25. The molecule has 0 saturated heterocycles. The van der Waals surface area contributed by atoms with Crippen LogP contribution in [0.15, 0.2) is 51.8 Å². The standard InChI is InChI=1S/C25H30BrNO2S/c1-16(28)25(5,6)14-22-23(30-24(2,3)4)20-13-19(29)11-12-21(20)27(22)15-17-7-9-18(26)10-8-17/h7-13,29H,14-15H2,1-6H3. The SMILES string of the molecule is CC(=O)C(C)(C)Cc1c(SC(C)(C)C)c2cc(O)ccc2n1Cc1ccc(Br)cc1. The van der Waals surface area contributed by atoms with E-state index in [1.54, 1.807) is 24.8 Å². The molecule has 30 heavy (non-hydrogen) atoms. The molecule has 1 heterocycles. The van der Waals surface area contributed by atoms with Crippen molar-refractivity contribution >= 4 is 44.4 Å². The minimum atomic E-state index is -0.471. The van der Waals surface area contributed by atoms with Crippen LogP contribution in [0, 0.1) is 5.41 Å². The summed E-state index contributed by atoms with van der Waals surface area (Å²) in [6, 6.07) is 13.9. The Bertz CT molecular complexity index is 1080. The second-order valence-electron chi connectivity index (χ2n) is 9.52. The number of thioether (sulfide) groups is 1. The van der Waals surface area contributed by atoms with Crippen molar-refractivity contribution < 1.29 is 9.90 Å². The number of fused-ring (bicyclic) bond motifs is 1. The van der Waals surface area contributed by atoms with Crippen molar-refractivity contribution in [1.29, 1.82) is 0 Å². The molecule has 0 amide bonds. The van der Waals surface area contributed by atoms with Gasteiger partial charge in [0.1, 0.15) is 11.5 Å². The van der Waals surface area contributed by atoms with Crippen molar-refractivity contribution in [2.45, 2.75) is 64.2 Å². The van der Waals surface area contributed by atoms with Crippen LogP contribution in [-0.4, -0.2) is 20.2 Å². The predicted octanol–water partition coefficient (Wildman–Crippen LogP) is 7.21. The summed E-state index contributed by atoms with van der Waals surface area (Å²) >= 11 is 5.31. The van der Waals surface area contributed by atoms with Crippen LogP contribution in [0.2, 0.25) is 0 Å². The van der Waals surface area contributed by atoms with Crippen LogP contribution in [0.4, 0.5) is 0 Å². The Balaban J connectivity index is 2.26. The van der Waals surface area contributed by atoms with E-state index in [4.69, 9.17) is 0 Å². The highest BCUT2D eigenvalue weighted by molar-refractivity contribution is 9.10. The van der Waals surface area contributed by atoms with E-state index >= 15 is 0 Å². The van der Waals surface area contributed by atoms with E-state index in [2.05, 4.69) is 65.5 Å². The first-order valence-corrected chi connectivity index (χ1v) is 11.8. The summed E-state index contributed by atoms with van der Waals surface area (Å²) < 4.78 is 3.36. The maximum absolute atomic E-state index is 12.4. The van der Waals surface area contributed by atoms with Crippen LogP contribution >= 0.6 is 27.7 Å². The lowest BCUT2D eigenvalue weighted by Crippen LogP contribution is -2.26. The third kappa shape index (κ3) is 5.12. The van der Waals surface area contributed by atoms with Gasteiger partial charge in [-0.2, -0.15) is 0 Å². The average molecular weight is 488 g/mol. The largest absolute Gasteiger partial charge is 0.508 e. The Kier molecular flexibility index (Phi) is 6.45. The van der Waals surface area contributed by atoms with Crippen LogP contribution in [0.5, 0.6) is 5.75 Å². The minimum absolute atomic E-state index is 0.00268. The van der Waals surface area contributed by atoms with Crippen LogP contribution in [0.1, 0.15) is 52.8 Å². The van der Waals surface area contributed by atoms with Gasteiger partial charge in [0.25, 0.3) is 0 Å². The van der Waals surface area contributed by atoms with Crippen LogP contribution in [-0.2, 0) is 17.8 Å². The number of rotatable bonds is 6. The van der Waals surface area contributed by atoms with Gasteiger partial charge in [-0.25, -0.2) is 0 Å². The normalized spacial score (nSPS) is 12.5. The van der Waals surface area contributed by atoms with Gasteiger partial charge < -0.3 is 9.67 Å². The van der Waals surface area contributed by atoms with Gasteiger partial charge in [0.2, 0.25) is 0 Å². The number of phenols is 1. The molecule has 0 aliphatic heterocycles. The van der Waals surface area contributed by atoms with Crippen molar-refractivity contribution in [1.82, 2.24) is 4.57 Å². The Morgan fingerprint density at radius 2 is 1.70 bits per heavy atom. The first-order valence-electron chi connectivity index (χ1n) is 10.2. The maximum Gasteiger partial charge on any atom is 0.135 e. The molecule has 160 valence electrons. The predicted molar refractivity (Wildman–Crippen MR) is 131 cm³/mol. The Labute approximate surface area is 192 Å². The highest BCUT2D eigenvalue weighted by Gasteiger charge is 2.30. The number of carbonyl (C=O) groups is 1. The third-order valence-electron chi connectivity index (χ3n) is 5.33. The highest BCUT2D eigenvalue weighted by Crippen LogP contribution is 2.44. The van der Waals surface area contributed by atoms with Crippen molar-refractivity contribution in [3.8, 4) is 5.75 Å². The molecule has 0 bridgehead atoms. The fourth-order valence-corrected chi connectivity index (χ4v) is 4.91. The first kappa shape index (κ1) is 23.0. The minimum Gasteiger partial charge on any atom is -0.508 e. The molecule has 3 rings (SSSR count). The summed E-state index contributed by atoms with van der Waals surface area (Å²) in [6.07, 6.45) is 0.646. The molecule has 0 atom stereocenters. The molecule has 1 aromatic heterocycles. The fourth-order valence-electron chi connectivity index (χ4n) is 3.46. The molecule has 2 aromatic carbocycles. The molecule has 0 aliphatic carbocycles. The summed E-state index contributed by atoms with van der Waals surface area (Å²) in [5, 5.41) is 11.3. The summed E-state index contributed by atoms with van der Waals surface area (Å²) in [6.45, 7) is 13.0. The Hall–Kier alpha value is -1.72. The number of aromatic nitrogens is 1. The fraction of sp³-hybridized carbons (Fsp3) is 0.400. The van der Waals surface area contributed by atoms with Crippen LogP contribution in [0.25, 0.3) is 10.9 Å². The van der Waals surface area contributed by atoms with Gasteiger partial charge in [-0.3, -0.25) is 4.79 Å². The maximum atomic E-state index is 12.4. The van der Waals surface area contributed by atoms with Crippen molar-refractivity contribution in [3.63, 3.8) is 0 Å². The molecule has 3 aromatic rings. The molecule has 0 unspecified atom stereocenters. The number of nitrogens with zero attached hydrogens (tertiary/aromatic N) is 1. The second kappa shape index (κ2) is 8.43. The van der Waals surface area contributed by atoms with Gasteiger partial charge in [-0.1, -0.05) is 62.7 Å². The van der Waals surface area contributed by atoms with Crippen molar-refractivity contribution in [2.75, 3.05) is 0 Å². The van der Waals surface area contributed by atoms with Gasteiger partial charge >= 0.3 is 0 Å². The van der Waals surface area contributed by atoms with Gasteiger partial charge in [0, 0.05) is 49.1 Å². The van der Waals surface area contributed by atoms with E-state index in [1.165, 1.54) is 5.56 Å². The molecule has 5 heteroatoms. The number of hydrogen-bond acceptors (Lipinski definition) is 3. The number of halogens is 1. The van der Waals surface area contributed by atoms with Gasteiger partial charge in [0.15, 0.2) is 0 Å². The monoisotopic (exact) mass is 487 g/mol. The Morgan fingerprint density at radius 3 is 2.27 bits per heavy atom. The molecular weight excluding hydrogens is 458 g/mol. The smallest absolute Gasteiger partial charge is 0.135 e. The number of carbonyl (C=O) groups excluding carboxylic acids is 1. The topological polar surface area (TPSA) is 42.2 Å². The van der Waals surface area contributed by atoms with Gasteiger partial charge in [-0.05, 0) is 42.8 Å². The number of ketones is 1. The van der Waals surface area contributed by atoms with E-state index in [-0.39, 0.29) is 16.3 Å². The van der Waals surface area contributed by atoms with E-state index in [0.29, 0.717) is 13.0 Å². The van der Waals surface area contributed by atoms with E-state index in [0.717, 1.165) is 26.0 Å². The molecule has 1 N–H and O–H groups in total. The lowest BCUT2D eigenvalue weighted by molar-refractivity contribution is -0.124. The molecule has 0 saturated carbocycles. The molecule has 0 fully saturated rings. The number of phenolic OH excluding ortho intramolecular Hbond substituents is 1. The molecule has 3 nitrogen and oxygen atoms in total. The quantitative estimate of drug-likeness (QED) is 0.373. The first-order chi connectivity index (χ1) is 13.9. The van der Waals surface area contributed by atoms with Gasteiger partial charge in [0.05, 0.1) is 0 Å². The average Bonchev–Trinajstić information content (AvgIpc) is 2.88. The van der Waals surface area contributed by atoms with Crippen LogP contribution < -0.4 is 0 Å². The van der Waals surface area contributed by atoms with Crippen molar-refractivity contribution in [2.24, 2.45) is 5.41 Å². The van der Waals surface area contributed by atoms with Gasteiger partial charge in [-0.15, -0.1) is 11.8 Å². The highest BCUT2D eigenvalue weighted by atomic mass is 79.9. The zero-order valence-electron chi connectivity index (χ0n) is 18.5. The summed E-state index contributed by atoms with van der Waals surface area (Å²) in [5.41, 5.74) is 2.95. The number of Topliss-reactive ketones (excluding diaryl/α,β-unsaturated/α-hetero) is 1. The molecule has 0 radical (unpaired) electrons. The zero-order chi connectivity index (χ0) is 22.3. The van der Waals surface area contributed by atoms with Crippen LogP contribution in [0.3, 0.4) is 0 Å². The zero-order valence-corrected chi connectivity index (χ0v) is 20.9. The summed E-state index contributed by atoms with van der Waals surface area (Å²) in [7, 11) is 0. The lowest BCUT2D eigenvalue weighted by atomic mass is 9.84. The van der Waals surface area contributed by atoms with Crippen molar-refractivity contribution in [3.05, 3.63) is 58.2 Å². The molecule has 0 spiro atoms. The third-order valence-corrected chi connectivity index (χ3v) is 7.13. The summed E-state index contributed by atoms with van der Waals surface area (Å²) in [5.74, 6) is 0.439. The molecular formula is C25H30BrNO2S.